The smallest absolute Gasteiger partial charge is 0.160 e. The Balaban J connectivity index is 3.13. The summed E-state index contributed by atoms with van der Waals surface area (Å²) < 4.78 is 10.7. The van der Waals surface area contributed by atoms with E-state index in [9.17, 15) is 4.79 Å². The highest BCUT2D eigenvalue weighted by Gasteiger charge is 2.06. The highest BCUT2D eigenvalue weighted by Crippen LogP contribution is 1.99. The quantitative estimate of drug-likeness (QED) is 0.541. The van der Waals surface area contributed by atoms with Gasteiger partial charge in [-0.15, -0.1) is 0 Å². The third-order valence-corrected chi connectivity index (χ3v) is 2.31. The summed E-state index contributed by atoms with van der Waals surface area (Å²) in [4.78, 5) is 11.2. The molecule has 3 nitrogen and oxygen atoms in total. The van der Waals surface area contributed by atoms with Crippen LogP contribution in [0.2, 0.25) is 0 Å². The molecular weight excluding hydrogens is 204 g/mol. The van der Waals surface area contributed by atoms with Crippen molar-refractivity contribution < 1.29 is 14.3 Å². The van der Waals surface area contributed by atoms with Crippen LogP contribution in [0.15, 0.2) is 0 Å². The minimum atomic E-state index is 0.0716. The molecule has 0 bridgehead atoms. The summed E-state index contributed by atoms with van der Waals surface area (Å²) in [5, 5.41) is 0. The molecule has 0 atom stereocenters. The Labute approximate surface area is 99.5 Å². The lowest BCUT2D eigenvalue weighted by Gasteiger charge is -2.07. The zero-order valence-electron chi connectivity index (χ0n) is 11.1. The lowest BCUT2D eigenvalue weighted by atomic mass is 10.1. The Hall–Kier alpha value is -0.410. The Morgan fingerprint density at radius 1 is 1.00 bits per heavy atom. The fraction of sp³-hybridized carbons (Fsp3) is 0.923. The Kier molecular flexibility index (Phi) is 9.54. The fourth-order valence-electron chi connectivity index (χ4n) is 1.02. The average Bonchev–Trinajstić information content (AvgIpc) is 2.21. The van der Waals surface area contributed by atoms with Crippen LogP contribution in [0.3, 0.4) is 0 Å². The maximum Gasteiger partial charge on any atom is 0.160 e. The van der Waals surface area contributed by atoms with Crippen LogP contribution >= 0.6 is 0 Å². The fourth-order valence-corrected chi connectivity index (χ4v) is 1.02. The van der Waals surface area contributed by atoms with Crippen molar-refractivity contribution in [3.63, 3.8) is 0 Å². The number of hydrogen-bond acceptors (Lipinski definition) is 3. The van der Waals surface area contributed by atoms with Gasteiger partial charge in [-0.05, 0) is 18.8 Å². The van der Waals surface area contributed by atoms with Crippen molar-refractivity contribution in [3.8, 4) is 0 Å². The van der Waals surface area contributed by atoms with Crippen LogP contribution in [0.5, 0.6) is 0 Å². The van der Waals surface area contributed by atoms with Gasteiger partial charge in [0.15, 0.2) is 5.78 Å². The monoisotopic (exact) mass is 230 g/mol. The van der Waals surface area contributed by atoms with E-state index < -0.39 is 0 Å². The van der Waals surface area contributed by atoms with Gasteiger partial charge < -0.3 is 9.47 Å². The molecule has 0 aromatic carbocycles. The Bertz CT molecular complexity index is 176. The molecule has 0 saturated heterocycles. The molecule has 0 radical (unpaired) electrons. The van der Waals surface area contributed by atoms with E-state index in [1.807, 2.05) is 13.8 Å². The zero-order chi connectivity index (χ0) is 12.4. The molecule has 0 rings (SSSR count). The average molecular weight is 230 g/mol. The van der Waals surface area contributed by atoms with Gasteiger partial charge in [0, 0.05) is 25.7 Å². The summed E-state index contributed by atoms with van der Waals surface area (Å²) in [6.45, 7) is 10.5. The van der Waals surface area contributed by atoms with E-state index in [1.165, 1.54) is 0 Å². The topological polar surface area (TPSA) is 35.5 Å². The number of carbonyl (C=O) groups excluding carboxylic acids is 1. The van der Waals surface area contributed by atoms with E-state index in [4.69, 9.17) is 9.47 Å². The van der Waals surface area contributed by atoms with Crippen LogP contribution in [-0.4, -0.2) is 32.2 Å². The second kappa shape index (κ2) is 9.79. The number of Topliss-reactive ketones (excluding diaryl/α,β-unsaturated/α-hetero) is 1. The number of hydrogen-bond donors (Lipinski definition) is 0. The predicted octanol–water partition coefficient (Wildman–Crippen LogP) is 2.68. The first-order valence-electron chi connectivity index (χ1n) is 6.22. The first-order valence-corrected chi connectivity index (χ1v) is 6.22. The largest absolute Gasteiger partial charge is 0.381 e. The van der Waals surface area contributed by atoms with Crippen molar-refractivity contribution in [2.45, 2.75) is 40.5 Å². The Morgan fingerprint density at radius 3 is 2.19 bits per heavy atom. The van der Waals surface area contributed by atoms with E-state index in [0.29, 0.717) is 12.5 Å². The second-order valence-electron chi connectivity index (χ2n) is 4.82. The number of rotatable bonds is 10. The predicted molar refractivity (Wildman–Crippen MR) is 65.6 cm³/mol. The Morgan fingerprint density at radius 2 is 1.62 bits per heavy atom. The zero-order valence-corrected chi connectivity index (χ0v) is 11.1. The molecule has 0 amide bonds. The molecule has 0 aromatic heterocycles. The number of ketones is 1. The third kappa shape index (κ3) is 10.1. The normalized spacial score (nSPS) is 11.4. The molecule has 0 aliphatic rings. The minimum Gasteiger partial charge on any atom is -0.381 e. The van der Waals surface area contributed by atoms with Crippen molar-refractivity contribution in [1.82, 2.24) is 0 Å². The van der Waals surface area contributed by atoms with Gasteiger partial charge in [0.2, 0.25) is 0 Å². The maximum atomic E-state index is 11.2. The first kappa shape index (κ1) is 15.6. The SMILES string of the molecule is CC(C)CCOCCCOCC(=O)C(C)C. The summed E-state index contributed by atoms with van der Waals surface area (Å²) in [7, 11) is 0. The van der Waals surface area contributed by atoms with Gasteiger partial charge in [-0.1, -0.05) is 27.7 Å². The number of ether oxygens (including phenoxy) is 2. The van der Waals surface area contributed by atoms with Crippen molar-refractivity contribution in [3.05, 3.63) is 0 Å². The van der Waals surface area contributed by atoms with Gasteiger partial charge in [0.25, 0.3) is 0 Å². The van der Waals surface area contributed by atoms with Crippen LogP contribution in [-0.2, 0) is 14.3 Å². The maximum absolute atomic E-state index is 11.2. The van der Waals surface area contributed by atoms with Crippen LogP contribution in [0, 0.1) is 11.8 Å². The molecular formula is C13H26O3. The lowest BCUT2D eigenvalue weighted by Crippen LogP contribution is -2.15. The third-order valence-electron chi connectivity index (χ3n) is 2.31. The number of carbonyl (C=O) groups is 1. The molecule has 0 aromatic rings. The lowest BCUT2D eigenvalue weighted by molar-refractivity contribution is -0.126. The summed E-state index contributed by atoms with van der Waals surface area (Å²) in [6.07, 6.45) is 1.97. The summed E-state index contributed by atoms with van der Waals surface area (Å²) in [5.41, 5.74) is 0. The summed E-state index contributed by atoms with van der Waals surface area (Å²) in [6, 6.07) is 0. The van der Waals surface area contributed by atoms with Crippen LogP contribution in [0.4, 0.5) is 0 Å². The minimum absolute atomic E-state index is 0.0716. The van der Waals surface area contributed by atoms with Crippen molar-refractivity contribution in [2.75, 3.05) is 26.4 Å². The van der Waals surface area contributed by atoms with Gasteiger partial charge in [-0.25, -0.2) is 0 Å². The van der Waals surface area contributed by atoms with Crippen molar-refractivity contribution in [1.29, 1.82) is 0 Å². The molecule has 0 unspecified atom stereocenters. The van der Waals surface area contributed by atoms with E-state index in [1.54, 1.807) is 0 Å². The van der Waals surface area contributed by atoms with E-state index in [-0.39, 0.29) is 18.3 Å². The highest BCUT2D eigenvalue weighted by atomic mass is 16.5. The molecule has 0 fully saturated rings. The molecule has 0 spiro atoms. The summed E-state index contributed by atoms with van der Waals surface area (Å²) in [5.74, 6) is 0.933. The van der Waals surface area contributed by atoms with E-state index in [2.05, 4.69) is 13.8 Å². The molecule has 0 aliphatic heterocycles. The van der Waals surface area contributed by atoms with Gasteiger partial charge in [0.1, 0.15) is 6.61 Å². The highest BCUT2D eigenvalue weighted by molar-refractivity contribution is 5.81. The van der Waals surface area contributed by atoms with Crippen LogP contribution in [0.1, 0.15) is 40.5 Å². The molecule has 0 saturated carbocycles. The standard InChI is InChI=1S/C13H26O3/c1-11(2)6-9-15-7-5-8-16-10-13(14)12(3)4/h11-12H,5-10H2,1-4H3. The second-order valence-corrected chi connectivity index (χ2v) is 4.82. The molecule has 0 heterocycles. The van der Waals surface area contributed by atoms with Crippen molar-refractivity contribution >= 4 is 5.78 Å². The molecule has 3 heteroatoms. The van der Waals surface area contributed by atoms with Gasteiger partial charge in [-0.2, -0.15) is 0 Å². The van der Waals surface area contributed by atoms with Crippen molar-refractivity contribution in [2.24, 2.45) is 11.8 Å². The van der Waals surface area contributed by atoms with Crippen LogP contribution < -0.4 is 0 Å². The molecule has 16 heavy (non-hydrogen) atoms. The molecule has 96 valence electrons. The summed E-state index contributed by atoms with van der Waals surface area (Å²) >= 11 is 0. The molecule has 0 N–H and O–H groups in total. The van der Waals surface area contributed by atoms with Gasteiger partial charge in [0.05, 0.1) is 0 Å². The van der Waals surface area contributed by atoms with Crippen LogP contribution in [0.25, 0.3) is 0 Å². The first-order chi connectivity index (χ1) is 7.54. The van der Waals surface area contributed by atoms with Gasteiger partial charge in [-0.3, -0.25) is 4.79 Å². The van der Waals surface area contributed by atoms with E-state index in [0.717, 1.165) is 26.1 Å². The van der Waals surface area contributed by atoms with E-state index >= 15 is 0 Å². The van der Waals surface area contributed by atoms with Gasteiger partial charge >= 0.3 is 0 Å². The molecule has 0 aliphatic carbocycles.